The number of hydrogen-bond acceptors (Lipinski definition) is 6. The lowest BCUT2D eigenvalue weighted by molar-refractivity contribution is -0.161. The van der Waals surface area contributed by atoms with Crippen molar-refractivity contribution in [1.82, 2.24) is 15.1 Å². The number of carbonyl (C=O) groups excluding carboxylic acids is 2. The van der Waals surface area contributed by atoms with Crippen LogP contribution in [0.25, 0.3) is 0 Å². The normalized spacial score (nSPS) is 20.8. The molecule has 7 nitrogen and oxygen atoms in total. The topological polar surface area (TPSA) is 71.1 Å². The van der Waals surface area contributed by atoms with Crippen molar-refractivity contribution in [2.24, 2.45) is 11.8 Å². The number of likely N-dealkylation sites (tertiary alicyclic amines) is 1. The van der Waals surface area contributed by atoms with Crippen LogP contribution >= 0.6 is 0 Å². The van der Waals surface area contributed by atoms with Crippen molar-refractivity contribution in [2.75, 3.05) is 39.3 Å². The van der Waals surface area contributed by atoms with E-state index < -0.39 is 11.2 Å². The van der Waals surface area contributed by atoms with Crippen molar-refractivity contribution in [2.45, 2.75) is 72.1 Å². The lowest BCUT2D eigenvalue weighted by atomic mass is 9.85. The van der Waals surface area contributed by atoms with E-state index in [2.05, 4.69) is 34.5 Å². The first-order valence-corrected chi connectivity index (χ1v) is 12.6. The number of hydrogen-bond donors (Lipinski definition) is 1. The minimum Gasteiger partial charge on any atom is -0.460 e. The highest BCUT2D eigenvalue weighted by Gasteiger charge is 2.39. The fourth-order valence-electron chi connectivity index (χ4n) is 4.66. The molecule has 0 radical (unpaired) electrons. The van der Waals surface area contributed by atoms with Gasteiger partial charge in [0.25, 0.3) is 0 Å². The lowest BCUT2D eigenvalue weighted by Gasteiger charge is -2.29. The van der Waals surface area contributed by atoms with Gasteiger partial charge in [-0.1, -0.05) is 24.3 Å². The molecule has 3 rings (SSSR count). The molecule has 1 N–H and O–H groups in total. The Kier molecular flexibility index (Phi) is 8.63. The largest absolute Gasteiger partial charge is 0.460 e. The molecule has 2 aliphatic rings. The van der Waals surface area contributed by atoms with E-state index in [0.29, 0.717) is 19.5 Å². The number of esters is 1. The number of nitrogens with one attached hydrogen (secondary N) is 1. The molecule has 0 aliphatic carbocycles. The third-order valence-electron chi connectivity index (χ3n) is 6.22. The maximum Gasteiger partial charge on any atom is 0.410 e. The van der Waals surface area contributed by atoms with E-state index in [0.717, 1.165) is 44.7 Å². The van der Waals surface area contributed by atoms with Crippen LogP contribution in [0.5, 0.6) is 0 Å². The van der Waals surface area contributed by atoms with E-state index in [1.165, 1.54) is 5.56 Å². The summed E-state index contributed by atoms with van der Waals surface area (Å²) in [6.07, 6.45) is 1.07. The molecule has 2 saturated heterocycles. The second-order valence-corrected chi connectivity index (χ2v) is 11.7. The minimum absolute atomic E-state index is 0.0409. The molecule has 0 unspecified atom stereocenters. The van der Waals surface area contributed by atoms with Gasteiger partial charge in [0.1, 0.15) is 11.2 Å². The summed E-state index contributed by atoms with van der Waals surface area (Å²) in [5.41, 5.74) is 1.32. The van der Waals surface area contributed by atoms with Gasteiger partial charge in [0.05, 0.1) is 5.92 Å². The first-order chi connectivity index (χ1) is 15.9. The molecule has 0 aromatic heterocycles. The Hall–Kier alpha value is -2.12. The molecule has 34 heavy (non-hydrogen) atoms. The third kappa shape index (κ3) is 8.27. The van der Waals surface area contributed by atoms with Gasteiger partial charge in [0.15, 0.2) is 0 Å². The monoisotopic (exact) mass is 473 g/mol. The number of amides is 1. The maximum atomic E-state index is 13.3. The first kappa shape index (κ1) is 26.5. The summed E-state index contributed by atoms with van der Waals surface area (Å²) < 4.78 is 11.4. The highest BCUT2D eigenvalue weighted by molar-refractivity contribution is 5.74. The van der Waals surface area contributed by atoms with Crippen LogP contribution in [-0.2, 0) is 27.2 Å². The SMILES string of the molecule is CC(C)(C)OC(=O)[C@H](Cc1cccc(CN2CCNCC2)c1)[C@@H]1CCN(C(=O)OC(C)(C)C)C1. The van der Waals surface area contributed by atoms with Crippen molar-refractivity contribution < 1.29 is 19.1 Å². The van der Waals surface area contributed by atoms with E-state index >= 15 is 0 Å². The van der Waals surface area contributed by atoms with Gasteiger partial charge in [-0.2, -0.15) is 0 Å². The summed E-state index contributed by atoms with van der Waals surface area (Å²) in [5, 5.41) is 3.39. The van der Waals surface area contributed by atoms with Crippen molar-refractivity contribution >= 4 is 12.1 Å². The van der Waals surface area contributed by atoms with Gasteiger partial charge in [0, 0.05) is 45.8 Å². The Bertz CT molecular complexity index is 837. The van der Waals surface area contributed by atoms with Gasteiger partial charge in [0.2, 0.25) is 0 Å². The highest BCUT2D eigenvalue weighted by atomic mass is 16.6. The Morgan fingerprint density at radius 1 is 1.00 bits per heavy atom. The minimum atomic E-state index is -0.553. The van der Waals surface area contributed by atoms with Crippen LogP contribution in [0.2, 0.25) is 0 Å². The molecule has 2 heterocycles. The van der Waals surface area contributed by atoms with Crippen molar-refractivity contribution in [3.8, 4) is 0 Å². The molecule has 0 bridgehead atoms. The summed E-state index contributed by atoms with van der Waals surface area (Å²) in [4.78, 5) is 30.1. The van der Waals surface area contributed by atoms with Crippen LogP contribution in [0.3, 0.4) is 0 Å². The summed E-state index contributed by atoms with van der Waals surface area (Å²) >= 11 is 0. The fourth-order valence-corrected chi connectivity index (χ4v) is 4.66. The van der Waals surface area contributed by atoms with Crippen LogP contribution in [0, 0.1) is 11.8 Å². The zero-order chi connectivity index (χ0) is 24.9. The second-order valence-electron chi connectivity index (χ2n) is 11.7. The lowest BCUT2D eigenvalue weighted by Crippen LogP contribution is -2.42. The summed E-state index contributed by atoms with van der Waals surface area (Å²) in [7, 11) is 0. The Labute approximate surface area is 205 Å². The number of rotatable bonds is 6. The predicted octanol–water partition coefficient (Wildman–Crippen LogP) is 3.85. The molecular weight excluding hydrogens is 430 g/mol. The molecule has 0 saturated carbocycles. The van der Waals surface area contributed by atoms with E-state index in [-0.39, 0.29) is 23.9 Å². The van der Waals surface area contributed by atoms with E-state index in [1.54, 1.807) is 4.90 Å². The second kappa shape index (κ2) is 11.1. The van der Waals surface area contributed by atoms with Gasteiger partial charge < -0.3 is 19.7 Å². The van der Waals surface area contributed by atoms with Gasteiger partial charge in [-0.3, -0.25) is 9.69 Å². The predicted molar refractivity (Wildman–Crippen MR) is 134 cm³/mol. The number of benzene rings is 1. The van der Waals surface area contributed by atoms with Crippen molar-refractivity contribution in [3.05, 3.63) is 35.4 Å². The average Bonchev–Trinajstić information content (AvgIpc) is 3.21. The summed E-state index contributed by atoms with van der Waals surface area (Å²) in [6, 6.07) is 8.56. The van der Waals surface area contributed by atoms with Crippen LogP contribution in [-0.4, -0.2) is 72.3 Å². The van der Waals surface area contributed by atoms with Crippen LogP contribution in [0.15, 0.2) is 24.3 Å². The molecule has 0 spiro atoms. The number of piperazine rings is 1. The standard InChI is InChI=1S/C27H43N3O4/c1-26(2,3)33-24(31)23(22-10-13-30(19-22)25(32)34-27(4,5)6)17-20-8-7-9-21(16-20)18-29-14-11-28-12-15-29/h7-9,16,22-23,28H,10-15,17-19H2,1-6H3/t22-,23-/m1/s1. The maximum absolute atomic E-state index is 13.3. The number of nitrogens with zero attached hydrogens (tertiary/aromatic N) is 2. The zero-order valence-corrected chi connectivity index (χ0v) is 21.9. The molecule has 2 atom stereocenters. The summed E-state index contributed by atoms with van der Waals surface area (Å²) in [5.74, 6) is -0.448. The average molecular weight is 474 g/mol. The Balaban J connectivity index is 1.72. The number of carbonyl (C=O) groups is 2. The van der Waals surface area contributed by atoms with Crippen LogP contribution < -0.4 is 5.32 Å². The fraction of sp³-hybridized carbons (Fsp3) is 0.704. The quantitative estimate of drug-likeness (QED) is 0.633. The van der Waals surface area contributed by atoms with Crippen LogP contribution in [0.1, 0.15) is 59.1 Å². The van der Waals surface area contributed by atoms with Gasteiger partial charge in [-0.25, -0.2) is 4.79 Å². The molecule has 1 aromatic rings. The molecule has 190 valence electrons. The Morgan fingerprint density at radius 3 is 2.29 bits per heavy atom. The van der Waals surface area contributed by atoms with E-state index in [1.807, 2.05) is 41.5 Å². The third-order valence-corrected chi connectivity index (χ3v) is 6.22. The zero-order valence-electron chi connectivity index (χ0n) is 21.9. The molecule has 2 aliphatic heterocycles. The van der Waals surface area contributed by atoms with Gasteiger partial charge in [-0.15, -0.1) is 0 Å². The molecular formula is C27H43N3O4. The highest BCUT2D eigenvalue weighted by Crippen LogP contribution is 2.31. The summed E-state index contributed by atoms with van der Waals surface area (Å²) in [6.45, 7) is 17.5. The molecule has 1 aromatic carbocycles. The molecule has 7 heteroatoms. The Morgan fingerprint density at radius 2 is 1.65 bits per heavy atom. The van der Waals surface area contributed by atoms with E-state index in [9.17, 15) is 9.59 Å². The molecule has 1 amide bonds. The molecule has 2 fully saturated rings. The van der Waals surface area contributed by atoms with Crippen molar-refractivity contribution in [3.63, 3.8) is 0 Å². The van der Waals surface area contributed by atoms with Crippen LogP contribution in [0.4, 0.5) is 4.79 Å². The smallest absolute Gasteiger partial charge is 0.410 e. The van der Waals surface area contributed by atoms with Gasteiger partial charge >= 0.3 is 12.1 Å². The van der Waals surface area contributed by atoms with Gasteiger partial charge in [-0.05, 0) is 71.4 Å². The van der Waals surface area contributed by atoms with Crippen molar-refractivity contribution in [1.29, 1.82) is 0 Å². The first-order valence-electron chi connectivity index (χ1n) is 12.6. The van der Waals surface area contributed by atoms with E-state index in [4.69, 9.17) is 9.47 Å². The number of ether oxygens (including phenoxy) is 2.